The van der Waals surface area contributed by atoms with Crippen molar-refractivity contribution in [2.75, 3.05) is 20.2 Å². The number of carbonyl (C=O) groups excluding carboxylic acids is 2. The lowest BCUT2D eigenvalue weighted by atomic mass is 10.2. The largest absolute Gasteiger partial charge is 0.464 e. The summed E-state index contributed by atoms with van der Waals surface area (Å²) in [6, 6.07) is -0.346. The Hall–Kier alpha value is -2.19. The fourth-order valence-corrected chi connectivity index (χ4v) is 2.91. The molecule has 0 spiro atoms. The van der Waals surface area contributed by atoms with Gasteiger partial charge in [-0.25, -0.2) is 23.4 Å². The summed E-state index contributed by atoms with van der Waals surface area (Å²) in [6.07, 6.45) is -2.86. The predicted molar refractivity (Wildman–Crippen MR) is 84.7 cm³/mol. The Labute approximate surface area is 144 Å². The fraction of sp³-hybridized carbons (Fsp3) is 0.688. The third-order valence-electron chi connectivity index (χ3n) is 3.88. The summed E-state index contributed by atoms with van der Waals surface area (Å²) in [7, 11) is 1.13. The Morgan fingerprint density at radius 1 is 1.32 bits per heavy atom. The van der Waals surface area contributed by atoms with Crippen molar-refractivity contribution in [1.82, 2.24) is 14.5 Å². The van der Waals surface area contributed by atoms with Gasteiger partial charge >= 0.3 is 12.1 Å². The number of aromatic nitrogens is 2. The van der Waals surface area contributed by atoms with Gasteiger partial charge in [-0.1, -0.05) is 0 Å². The van der Waals surface area contributed by atoms with Crippen molar-refractivity contribution in [2.24, 2.45) is 0 Å². The van der Waals surface area contributed by atoms with E-state index in [0.717, 1.165) is 7.11 Å². The number of rotatable bonds is 3. The molecule has 0 aliphatic carbocycles. The topological polar surface area (TPSA) is 73.7 Å². The first-order valence-corrected chi connectivity index (χ1v) is 7.98. The van der Waals surface area contributed by atoms with Crippen molar-refractivity contribution < 1.29 is 27.8 Å². The van der Waals surface area contributed by atoms with Crippen molar-refractivity contribution in [2.45, 2.75) is 52.2 Å². The van der Waals surface area contributed by atoms with Crippen molar-refractivity contribution in [1.29, 1.82) is 0 Å². The number of halogens is 2. The van der Waals surface area contributed by atoms with Crippen molar-refractivity contribution in [3.8, 4) is 0 Å². The van der Waals surface area contributed by atoms with E-state index in [2.05, 4.69) is 9.72 Å². The van der Waals surface area contributed by atoms with E-state index < -0.39 is 29.8 Å². The first-order chi connectivity index (χ1) is 11.5. The second-order valence-electron chi connectivity index (χ2n) is 6.92. The van der Waals surface area contributed by atoms with Crippen LogP contribution in [-0.2, 0) is 9.47 Å². The predicted octanol–water partition coefficient (Wildman–Crippen LogP) is 3.10. The number of hydrogen-bond acceptors (Lipinski definition) is 5. The number of carbonyl (C=O) groups is 2. The molecule has 0 radical (unpaired) electrons. The Bertz CT molecular complexity index is 667. The van der Waals surface area contributed by atoms with Crippen LogP contribution in [0.15, 0.2) is 0 Å². The number of aryl methyl sites for hydroxylation is 1. The van der Waals surface area contributed by atoms with Crippen LogP contribution in [0.3, 0.4) is 0 Å². The SMILES string of the molecule is COC(=O)c1c(C(F)F)nc(C)n1C1CCN(C(=O)OC(C)(C)C)C1. The average Bonchev–Trinajstić information content (AvgIpc) is 3.08. The second-order valence-corrected chi connectivity index (χ2v) is 6.92. The van der Waals surface area contributed by atoms with E-state index in [1.807, 2.05) is 0 Å². The van der Waals surface area contributed by atoms with Crippen molar-refractivity contribution in [3.63, 3.8) is 0 Å². The number of nitrogens with zero attached hydrogens (tertiary/aromatic N) is 3. The van der Waals surface area contributed by atoms with Crippen LogP contribution < -0.4 is 0 Å². The summed E-state index contributed by atoms with van der Waals surface area (Å²) in [6.45, 7) is 7.50. The number of esters is 1. The minimum atomic E-state index is -2.89. The number of alkyl halides is 2. The van der Waals surface area contributed by atoms with E-state index in [-0.39, 0.29) is 24.1 Å². The normalized spacial score (nSPS) is 17.9. The molecule has 140 valence electrons. The third-order valence-corrected chi connectivity index (χ3v) is 3.88. The number of likely N-dealkylation sites (tertiary alicyclic amines) is 1. The number of methoxy groups -OCH3 is 1. The summed E-state index contributed by atoms with van der Waals surface area (Å²) in [5, 5.41) is 0. The van der Waals surface area contributed by atoms with Gasteiger partial charge in [0.15, 0.2) is 5.69 Å². The molecule has 7 nitrogen and oxygen atoms in total. The molecule has 1 aliphatic heterocycles. The molecular formula is C16H23F2N3O4. The van der Waals surface area contributed by atoms with Crippen molar-refractivity contribution >= 4 is 12.1 Å². The van der Waals surface area contributed by atoms with Gasteiger partial charge in [-0.2, -0.15) is 0 Å². The summed E-state index contributed by atoms with van der Waals surface area (Å²) >= 11 is 0. The van der Waals surface area contributed by atoms with Gasteiger partial charge in [-0.15, -0.1) is 0 Å². The van der Waals surface area contributed by atoms with Crippen LogP contribution in [-0.4, -0.2) is 52.3 Å². The average molecular weight is 359 g/mol. The van der Waals surface area contributed by atoms with E-state index in [9.17, 15) is 18.4 Å². The van der Waals surface area contributed by atoms with Gasteiger partial charge in [-0.3, -0.25) is 0 Å². The summed E-state index contributed by atoms with van der Waals surface area (Å²) < 4.78 is 37.9. The second kappa shape index (κ2) is 6.97. The molecule has 0 bridgehead atoms. The molecule has 1 unspecified atom stereocenters. The highest BCUT2D eigenvalue weighted by atomic mass is 19.3. The zero-order valence-corrected chi connectivity index (χ0v) is 15.0. The Morgan fingerprint density at radius 3 is 2.48 bits per heavy atom. The molecule has 0 N–H and O–H groups in total. The molecule has 2 rings (SSSR count). The zero-order valence-electron chi connectivity index (χ0n) is 15.0. The maximum absolute atomic E-state index is 13.2. The van der Waals surface area contributed by atoms with E-state index >= 15 is 0 Å². The minimum absolute atomic E-state index is 0.249. The molecule has 1 aromatic rings. The molecule has 1 amide bonds. The fourth-order valence-electron chi connectivity index (χ4n) is 2.91. The van der Waals surface area contributed by atoms with Crippen LogP contribution >= 0.6 is 0 Å². The monoisotopic (exact) mass is 359 g/mol. The number of amides is 1. The number of ether oxygens (including phenoxy) is 2. The maximum atomic E-state index is 13.2. The lowest BCUT2D eigenvalue weighted by Crippen LogP contribution is -2.35. The molecule has 25 heavy (non-hydrogen) atoms. The van der Waals surface area contributed by atoms with Crippen LogP contribution in [0.5, 0.6) is 0 Å². The lowest BCUT2D eigenvalue weighted by molar-refractivity contribution is 0.0288. The van der Waals surface area contributed by atoms with Gasteiger partial charge in [0.05, 0.1) is 13.2 Å². The van der Waals surface area contributed by atoms with Gasteiger partial charge in [0.1, 0.15) is 17.1 Å². The number of imidazole rings is 1. The van der Waals surface area contributed by atoms with Gasteiger partial charge in [0.25, 0.3) is 6.43 Å². The summed E-state index contributed by atoms with van der Waals surface area (Å²) in [5.74, 6) is -0.585. The standard InChI is InChI=1S/C16H23F2N3O4/c1-9-19-11(13(17)18)12(14(22)24-5)21(9)10-6-7-20(8-10)15(23)25-16(2,3)4/h10,13H,6-8H2,1-5H3. The molecule has 1 saturated heterocycles. The molecule has 1 aliphatic rings. The first-order valence-electron chi connectivity index (χ1n) is 7.98. The zero-order chi connectivity index (χ0) is 18.9. The smallest absolute Gasteiger partial charge is 0.410 e. The van der Waals surface area contributed by atoms with Crippen LogP contribution in [0.25, 0.3) is 0 Å². The van der Waals surface area contributed by atoms with Crippen molar-refractivity contribution in [3.05, 3.63) is 17.2 Å². The van der Waals surface area contributed by atoms with E-state index in [0.29, 0.717) is 13.0 Å². The highest BCUT2D eigenvalue weighted by Gasteiger charge is 2.36. The van der Waals surface area contributed by atoms with Gasteiger partial charge in [0, 0.05) is 13.1 Å². The summed E-state index contributed by atoms with van der Waals surface area (Å²) in [4.78, 5) is 29.5. The molecule has 1 atom stereocenters. The molecule has 0 aromatic carbocycles. The minimum Gasteiger partial charge on any atom is -0.464 e. The van der Waals surface area contributed by atoms with Gasteiger partial charge < -0.3 is 18.9 Å². The summed E-state index contributed by atoms with van der Waals surface area (Å²) in [5.41, 5.74) is -1.48. The molecule has 9 heteroatoms. The maximum Gasteiger partial charge on any atom is 0.410 e. The molecule has 1 aromatic heterocycles. The van der Waals surface area contributed by atoms with Gasteiger partial charge in [0.2, 0.25) is 0 Å². The highest BCUT2D eigenvalue weighted by molar-refractivity contribution is 5.89. The van der Waals surface area contributed by atoms with E-state index in [4.69, 9.17) is 4.74 Å². The number of hydrogen-bond donors (Lipinski definition) is 0. The van der Waals surface area contributed by atoms with E-state index in [1.54, 1.807) is 27.7 Å². The van der Waals surface area contributed by atoms with Gasteiger partial charge in [-0.05, 0) is 34.1 Å². The quantitative estimate of drug-likeness (QED) is 0.776. The van der Waals surface area contributed by atoms with Crippen LogP contribution in [0.1, 0.15) is 61.7 Å². The third kappa shape index (κ3) is 4.08. The van der Waals surface area contributed by atoms with Crippen LogP contribution in [0.2, 0.25) is 0 Å². The molecule has 2 heterocycles. The van der Waals surface area contributed by atoms with Crippen LogP contribution in [0.4, 0.5) is 13.6 Å². The molecule has 1 fully saturated rings. The Balaban J connectivity index is 2.28. The van der Waals surface area contributed by atoms with Crippen LogP contribution in [0, 0.1) is 6.92 Å². The Morgan fingerprint density at radius 2 is 1.96 bits per heavy atom. The highest BCUT2D eigenvalue weighted by Crippen LogP contribution is 2.31. The van der Waals surface area contributed by atoms with E-state index in [1.165, 1.54) is 9.47 Å². The molecule has 0 saturated carbocycles. The Kier molecular flexibility index (Phi) is 5.34. The lowest BCUT2D eigenvalue weighted by Gasteiger charge is -2.24. The first kappa shape index (κ1) is 19.1. The molecular weight excluding hydrogens is 336 g/mol.